The van der Waals surface area contributed by atoms with Crippen molar-refractivity contribution in [2.24, 2.45) is 0 Å². The van der Waals surface area contributed by atoms with Gasteiger partial charge in [0.15, 0.2) is 0 Å². The van der Waals surface area contributed by atoms with Crippen molar-refractivity contribution in [1.82, 2.24) is 0 Å². The van der Waals surface area contributed by atoms with E-state index >= 15 is 0 Å². The molecule has 1 fully saturated rings. The van der Waals surface area contributed by atoms with Gasteiger partial charge in [0.1, 0.15) is 11.5 Å². The number of nitrogens with zero attached hydrogens (tertiary/aromatic N) is 1. The Hall–Kier alpha value is -2.33. The van der Waals surface area contributed by atoms with Crippen molar-refractivity contribution in [1.29, 1.82) is 0 Å². The van der Waals surface area contributed by atoms with Gasteiger partial charge in [-0.2, -0.15) is 0 Å². The zero-order valence-corrected chi connectivity index (χ0v) is 14.6. The first-order chi connectivity index (χ1) is 12.1. The Morgan fingerprint density at radius 3 is 2.24 bits per heavy atom. The summed E-state index contributed by atoms with van der Waals surface area (Å²) < 4.78 is 5.77. The van der Waals surface area contributed by atoms with Gasteiger partial charge in [-0.3, -0.25) is 4.79 Å². The van der Waals surface area contributed by atoms with Crippen LogP contribution in [-0.2, 0) is 4.79 Å². The summed E-state index contributed by atoms with van der Waals surface area (Å²) in [4.78, 5) is 14.1. The summed E-state index contributed by atoms with van der Waals surface area (Å²) in [6.45, 7) is 0. The van der Waals surface area contributed by atoms with Gasteiger partial charge in [0.05, 0.1) is 12.0 Å². The molecule has 1 amide bonds. The highest BCUT2D eigenvalue weighted by molar-refractivity contribution is 5.93. The fourth-order valence-electron chi connectivity index (χ4n) is 3.29. The maximum atomic E-state index is 12.5. The van der Waals surface area contributed by atoms with Crippen molar-refractivity contribution < 1.29 is 14.6 Å². The van der Waals surface area contributed by atoms with E-state index in [1.54, 1.807) is 11.9 Å². The largest absolute Gasteiger partial charge is 0.457 e. The molecule has 0 spiro atoms. The Kier molecular flexibility index (Phi) is 5.39. The van der Waals surface area contributed by atoms with E-state index in [1.807, 2.05) is 54.6 Å². The molecule has 0 radical (unpaired) electrons. The average molecular weight is 339 g/mol. The number of carbonyl (C=O) groups is 1. The minimum absolute atomic E-state index is 0.0545. The number of aliphatic hydroxyl groups is 1. The van der Waals surface area contributed by atoms with Crippen molar-refractivity contribution in [3.63, 3.8) is 0 Å². The zero-order chi connectivity index (χ0) is 17.7. The lowest BCUT2D eigenvalue weighted by molar-refractivity contribution is -0.124. The smallest absolute Gasteiger partial charge is 0.229 e. The molecule has 1 N–H and O–H groups in total. The third-order valence-electron chi connectivity index (χ3n) is 4.84. The third-order valence-corrected chi connectivity index (χ3v) is 4.84. The predicted octanol–water partition coefficient (Wildman–Crippen LogP) is 4.53. The summed E-state index contributed by atoms with van der Waals surface area (Å²) in [6, 6.07) is 17.0. The second-order valence-electron chi connectivity index (χ2n) is 6.82. The van der Waals surface area contributed by atoms with Gasteiger partial charge in [0.25, 0.3) is 0 Å². The van der Waals surface area contributed by atoms with Crippen LogP contribution in [0.4, 0.5) is 5.69 Å². The fraction of sp³-hybridized carbons (Fsp3) is 0.381. The molecule has 1 saturated carbocycles. The van der Waals surface area contributed by atoms with Crippen molar-refractivity contribution >= 4 is 11.6 Å². The van der Waals surface area contributed by atoms with E-state index in [1.165, 1.54) is 0 Å². The molecule has 0 bridgehead atoms. The molecular weight excluding hydrogens is 314 g/mol. The number of para-hydroxylation sites is 1. The summed E-state index contributed by atoms with van der Waals surface area (Å²) in [7, 11) is 1.75. The number of hydrogen-bond acceptors (Lipinski definition) is 3. The molecule has 0 heterocycles. The van der Waals surface area contributed by atoms with Crippen LogP contribution in [-0.4, -0.2) is 23.7 Å². The quantitative estimate of drug-likeness (QED) is 0.871. The molecule has 1 aliphatic carbocycles. The van der Waals surface area contributed by atoms with Crippen molar-refractivity contribution in [2.75, 3.05) is 11.9 Å². The van der Waals surface area contributed by atoms with Crippen LogP contribution < -0.4 is 9.64 Å². The molecule has 0 aromatic heterocycles. The second kappa shape index (κ2) is 7.70. The molecule has 1 aliphatic rings. The summed E-state index contributed by atoms with van der Waals surface area (Å²) in [5, 5.41) is 10.6. The van der Waals surface area contributed by atoms with Gasteiger partial charge in [-0.25, -0.2) is 0 Å². The minimum atomic E-state index is -0.833. The van der Waals surface area contributed by atoms with Crippen LogP contribution in [0.25, 0.3) is 0 Å². The van der Waals surface area contributed by atoms with Gasteiger partial charge in [0.2, 0.25) is 5.91 Å². The molecule has 25 heavy (non-hydrogen) atoms. The molecule has 4 heteroatoms. The zero-order valence-electron chi connectivity index (χ0n) is 14.6. The molecule has 0 unspecified atom stereocenters. The Labute approximate surface area is 149 Å². The Bertz CT molecular complexity index is 691. The van der Waals surface area contributed by atoms with Crippen molar-refractivity contribution in [3.8, 4) is 11.5 Å². The maximum Gasteiger partial charge on any atom is 0.229 e. The van der Waals surface area contributed by atoms with Gasteiger partial charge >= 0.3 is 0 Å². The van der Waals surface area contributed by atoms with Crippen LogP contribution in [0.5, 0.6) is 11.5 Å². The van der Waals surface area contributed by atoms with Gasteiger partial charge in [-0.05, 0) is 49.2 Å². The number of carbonyl (C=O) groups excluding carboxylic acids is 1. The number of hydrogen-bond donors (Lipinski definition) is 1. The Morgan fingerprint density at radius 1 is 1.00 bits per heavy atom. The molecule has 2 aromatic rings. The van der Waals surface area contributed by atoms with Crippen LogP contribution in [0, 0.1) is 0 Å². The van der Waals surface area contributed by atoms with E-state index in [9.17, 15) is 9.90 Å². The molecule has 0 atom stereocenters. The SMILES string of the molecule is CN(C(=O)CC1(O)CCCCC1)c1ccc(Oc2ccccc2)cc1. The Morgan fingerprint density at radius 2 is 1.60 bits per heavy atom. The normalized spacial score (nSPS) is 16.2. The summed E-state index contributed by atoms with van der Waals surface area (Å²) >= 11 is 0. The highest BCUT2D eigenvalue weighted by Gasteiger charge is 2.32. The topological polar surface area (TPSA) is 49.8 Å². The highest BCUT2D eigenvalue weighted by atomic mass is 16.5. The van der Waals surface area contributed by atoms with E-state index in [0.29, 0.717) is 0 Å². The number of benzene rings is 2. The van der Waals surface area contributed by atoms with E-state index in [4.69, 9.17) is 4.74 Å². The molecular formula is C21H25NO3. The standard InChI is InChI=1S/C21H25NO3/c1-22(20(23)16-21(24)14-6-3-7-15-21)17-10-12-19(13-11-17)25-18-8-4-2-5-9-18/h2,4-5,8-13,24H,3,6-7,14-16H2,1H3. The summed E-state index contributed by atoms with van der Waals surface area (Å²) in [5.74, 6) is 1.45. The van der Waals surface area contributed by atoms with E-state index in [-0.39, 0.29) is 12.3 Å². The molecule has 0 saturated heterocycles. The molecule has 132 valence electrons. The van der Waals surface area contributed by atoms with Gasteiger partial charge in [-0.15, -0.1) is 0 Å². The van der Waals surface area contributed by atoms with E-state index in [2.05, 4.69) is 0 Å². The number of rotatable bonds is 5. The third kappa shape index (κ3) is 4.60. The second-order valence-corrected chi connectivity index (χ2v) is 6.82. The first-order valence-corrected chi connectivity index (χ1v) is 8.88. The number of anilines is 1. The van der Waals surface area contributed by atoms with Crippen molar-refractivity contribution in [2.45, 2.75) is 44.1 Å². The highest BCUT2D eigenvalue weighted by Crippen LogP contribution is 2.32. The number of amides is 1. The lowest BCUT2D eigenvalue weighted by Crippen LogP contribution is -2.39. The van der Waals surface area contributed by atoms with Crippen LogP contribution in [0.2, 0.25) is 0 Å². The molecule has 4 nitrogen and oxygen atoms in total. The van der Waals surface area contributed by atoms with E-state index < -0.39 is 5.60 Å². The number of ether oxygens (including phenoxy) is 1. The van der Waals surface area contributed by atoms with Crippen LogP contribution in [0.1, 0.15) is 38.5 Å². The molecule has 3 rings (SSSR count). The fourth-order valence-corrected chi connectivity index (χ4v) is 3.29. The summed E-state index contributed by atoms with van der Waals surface area (Å²) in [5.41, 5.74) is -0.0372. The predicted molar refractivity (Wildman–Crippen MR) is 99.0 cm³/mol. The molecule has 0 aliphatic heterocycles. The lowest BCUT2D eigenvalue weighted by Gasteiger charge is -2.32. The lowest BCUT2D eigenvalue weighted by atomic mass is 9.82. The summed E-state index contributed by atoms with van der Waals surface area (Å²) in [6.07, 6.45) is 4.77. The van der Waals surface area contributed by atoms with E-state index in [0.717, 1.165) is 49.3 Å². The monoisotopic (exact) mass is 339 g/mol. The van der Waals surface area contributed by atoms with Crippen LogP contribution >= 0.6 is 0 Å². The van der Waals surface area contributed by atoms with Crippen molar-refractivity contribution in [3.05, 3.63) is 54.6 Å². The van der Waals surface area contributed by atoms with Gasteiger partial charge < -0.3 is 14.7 Å². The average Bonchev–Trinajstić information content (AvgIpc) is 2.63. The Balaban J connectivity index is 1.61. The van der Waals surface area contributed by atoms with Gasteiger partial charge in [-0.1, -0.05) is 37.5 Å². The van der Waals surface area contributed by atoms with Gasteiger partial charge in [0, 0.05) is 12.7 Å². The molecule has 2 aromatic carbocycles. The van der Waals surface area contributed by atoms with Crippen LogP contribution in [0.3, 0.4) is 0 Å². The first kappa shape index (κ1) is 17.5. The maximum absolute atomic E-state index is 12.5. The minimum Gasteiger partial charge on any atom is -0.457 e. The van der Waals surface area contributed by atoms with Crippen LogP contribution in [0.15, 0.2) is 54.6 Å². The first-order valence-electron chi connectivity index (χ1n) is 8.88.